The Labute approximate surface area is 154 Å². The van der Waals surface area contributed by atoms with Gasteiger partial charge in [-0.15, -0.1) is 11.8 Å². The third-order valence-corrected chi connectivity index (χ3v) is 5.42. The predicted octanol–water partition coefficient (Wildman–Crippen LogP) is 5.08. The predicted molar refractivity (Wildman–Crippen MR) is 105 cm³/mol. The van der Waals surface area contributed by atoms with E-state index in [1.807, 2.05) is 43.5 Å². The smallest absolute Gasteiger partial charge is 0.265 e. The summed E-state index contributed by atoms with van der Waals surface area (Å²) in [5.41, 5.74) is 3.63. The van der Waals surface area contributed by atoms with Crippen molar-refractivity contribution in [1.82, 2.24) is 0 Å². The van der Waals surface area contributed by atoms with Gasteiger partial charge in [-0.2, -0.15) is 0 Å². The van der Waals surface area contributed by atoms with Gasteiger partial charge in [0.2, 0.25) is 0 Å². The molecule has 0 radical (unpaired) electrons. The zero-order valence-corrected chi connectivity index (χ0v) is 15.7. The first kappa shape index (κ1) is 17.9. The van der Waals surface area contributed by atoms with Gasteiger partial charge < -0.3 is 10.1 Å². The number of aryl methyl sites for hydroxylation is 2. The molecular formula is C21H25NO2S. The standard InChI is InChI=1S/C21H25NO2S/c1-3-19(21(23)22-18-10-6-7-11-20(18)25-2)24-17-13-12-15-8-4-5-9-16(15)14-17/h6-7,10-14,19H,3-5,8-9H2,1-2H3,(H,22,23)/t19-/m1/s1. The number of rotatable bonds is 6. The van der Waals surface area contributed by atoms with Gasteiger partial charge in [0.1, 0.15) is 5.75 Å². The van der Waals surface area contributed by atoms with Crippen molar-refractivity contribution in [2.45, 2.75) is 50.0 Å². The highest BCUT2D eigenvalue weighted by molar-refractivity contribution is 7.98. The molecule has 1 aliphatic carbocycles. The highest BCUT2D eigenvalue weighted by atomic mass is 32.2. The molecule has 25 heavy (non-hydrogen) atoms. The average molecular weight is 356 g/mol. The van der Waals surface area contributed by atoms with Crippen molar-refractivity contribution >= 4 is 23.4 Å². The van der Waals surface area contributed by atoms with Crippen molar-refractivity contribution < 1.29 is 9.53 Å². The first-order chi connectivity index (χ1) is 12.2. The van der Waals surface area contributed by atoms with Crippen LogP contribution in [-0.2, 0) is 17.6 Å². The van der Waals surface area contributed by atoms with Crippen LogP contribution < -0.4 is 10.1 Å². The summed E-state index contributed by atoms with van der Waals surface area (Å²) in [7, 11) is 0. The molecule has 0 aliphatic heterocycles. The molecule has 0 aromatic heterocycles. The summed E-state index contributed by atoms with van der Waals surface area (Å²) in [5, 5.41) is 3.01. The summed E-state index contributed by atoms with van der Waals surface area (Å²) in [5.74, 6) is 0.697. The lowest BCUT2D eigenvalue weighted by Gasteiger charge is -2.21. The van der Waals surface area contributed by atoms with Gasteiger partial charge >= 0.3 is 0 Å². The van der Waals surface area contributed by atoms with Crippen LogP contribution in [0.25, 0.3) is 0 Å². The number of nitrogens with one attached hydrogen (secondary N) is 1. The summed E-state index contributed by atoms with van der Waals surface area (Å²) < 4.78 is 6.02. The molecular weight excluding hydrogens is 330 g/mol. The summed E-state index contributed by atoms with van der Waals surface area (Å²) >= 11 is 1.62. The van der Waals surface area contributed by atoms with E-state index in [1.54, 1.807) is 11.8 Å². The Balaban J connectivity index is 1.70. The third-order valence-electron chi connectivity index (χ3n) is 4.63. The number of thioether (sulfide) groups is 1. The average Bonchev–Trinajstić information content (AvgIpc) is 2.66. The van der Waals surface area contributed by atoms with Gasteiger partial charge in [0.05, 0.1) is 5.69 Å². The number of benzene rings is 2. The molecule has 0 heterocycles. The first-order valence-electron chi connectivity index (χ1n) is 8.93. The molecule has 0 bridgehead atoms. The fourth-order valence-corrected chi connectivity index (χ4v) is 3.78. The van der Waals surface area contributed by atoms with Gasteiger partial charge in [0.25, 0.3) is 5.91 Å². The summed E-state index contributed by atoms with van der Waals surface area (Å²) in [6, 6.07) is 14.1. The van der Waals surface area contributed by atoms with Crippen LogP contribution in [0.15, 0.2) is 47.4 Å². The van der Waals surface area contributed by atoms with Crippen molar-refractivity contribution in [3.05, 3.63) is 53.6 Å². The normalized spacial score (nSPS) is 14.5. The second kappa shape index (κ2) is 8.43. The van der Waals surface area contributed by atoms with E-state index < -0.39 is 6.10 Å². The van der Waals surface area contributed by atoms with Crippen molar-refractivity contribution in [1.29, 1.82) is 0 Å². The number of hydrogen-bond acceptors (Lipinski definition) is 3. The lowest BCUT2D eigenvalue weighted by Crippen LogP contribution is -2.32. The molecule has 0 spiro atoms. The third kappa shape index (κ3) is 4.37. The molecule has 1 N–H and O–H groups in total. The molecule has 4 heteroatoms. The number of carbonyl (C=O) groups excluding carboxylic acids is 1. The van der Waals surface area contributed by atoms with E-state index in [9.17, 15) is 4.79 Å². The van der Waals surface area contributed by atoms with Crippen LogP contribution in [0.2, 0.25) is 0 Å². The number of ether oxygens (including phenoxy) is 1. The molecule has 3 nitrogen and oxygen atoms in total. The van der Waals surface area contributed by atoms with E-state index in [0.717, 1.165) is 29.2 Å². The van der Waals surface area contributed by atoms with Crippen LogP contribution in [0.1, 0.15) is 37.3 Å². The number of fused-ring (bicyclic) bond motifs is 1. The van der Waals surface area contributed by atoms with Gasteiger partial charge in [-0.3, -0.25) is 4.79 Å². The quantitative estimate of drug-likeness (QED) is 0.734. The number of amides is 1. The number of anilines is 1. The van der Waals surface area contributed by atoms with Crippen molar-refractivity contribution in [2.24, 2.45) is 0 Å². The monoisotopic (exact) mass is 355 g/mol. The minimum atomic E-state index is -0.489. The molecule has 1 atom stereocenters. The topological polar surface area (TPSA) is 38.3 Å². The Morgan fingerprint density at radius 2 is 1.92 bits per heavy atom. The van der Waals surface area contributed by atoms with Crippen LogP contribution in [0.3, 0.4) is 0 Å². The fraction of sp³-hybridized carbons (Fsp3) is 0.381. The lowest BCUT2D eigenvalue weighted by molar-refractivity contribution is -0.122. The summed E-state index contributed by atoms with van der Waals surface area (Å²) in [4.78, 5) is 13.7. The van der Waals surface area contributed by atoms with E-state index in [0.29, 0.717) is 6.42 Å². The van der Waals surface area contributed by atoms with E-state index in [-0.39, 0.29) is 5.91 Å². The molecule has 1 amide bonds. The Hall–Kier alpha value is -1.94. The number of hydrogen-bond donors (Lipinski definition) is 1. The van der Waals surface area contributed by atoms with Gasteiger partial charge in [-0.05, 0) is 73.8 Å². The van der Waals surface area contributed by atoms with Crippen molar-refractivity contribution in [3.8, 4) is 5.75 Å². The molecule has 0 saturated carbocycles. The summed E-state index contributed by atoms with van der Waals surface area (Å²) in [6.45, 7) is 1.98. The van der Waals surface area contributed by atoms with E-state index >= 15 is 0 Å². The van der Waals surface area contributed by atoms with Gasteiger partial charge in [-0.1, -0.05) is 25.1 Å². The summed E-state index contributed by atoms with van der Waals surface area (Å²) in [6.07, 6.45) is 6.91. The molecule has 132 valence electrons. The first-order valence-corrected chi connectivity index (χ1v) is 10.2. The second-order valence-corrected chi connectivity index (χ2v) is 7.19. The number of para-hydroxylation sites is 1. The van der Waals surface area contributed by atoms with Crippen molar-refractivity contribution in [2.75, 3.05) is 11.6 Å². The zero-order chi connectivity index (χ0) is 17.6. The van der Waals surface area contributed by atoms with E-state index in [2.05, 4.69) is 17.4 Å². The lowest BCUT2D eigenvalue weighted by atomic mass is 9.92. The van der Waals surface area contributed by atoms with Crippen LogP contribution in [0.4, 0.5) is 5.69 Å². The molecule has 2 aromatic carbocycles. The Morgan fingerprint density at radius 3 is 2.68 bits per heavy atom. The maximum Gasteiger partial charge on any atom is 0.265 e. The van der Waals surface area contributed by atoms with Crippen LogP contribution in [0.5, 0.6) is 5.75 Å². The van der Waals surface area contributed by atoms with Gasteiger partial charge in [0, 0.05) is 4.90 Å². The molecule has 2 aromatic rings. The minimum absolute atomic E-state index is 0.0956. The second-order valence-electron chi connectivity index (χ2n) is 6.34. The van der Waals surface area contributed by atoms with E-state index in [1.165, 1.54) is 24.0 Å². The Morgan fingerprint density at radius 1 is 1.16 bits per heavy atom. The highest BCUT2D eigenvalue weighted by Gasteiger charge is 2.20. The van der Waals surface area contributed by atoms with Gasteiger partial charge in [-0.25, -0.2) is 0 Å². The van der Waals surface area contributed by atoms with Gasteiger partial charge in [0.15, 0.2) is 6.10 Å². The fourth-order valence-electron chi connectivity index (χ4n) is 3.23. The minimum Gasteiger partial charge on any atom is -0.481 e. The number of carbonyl (C=O) groups is 1. The van der Waals surface area contributed by atoms with Crippen LogP contribution >= 0.6 is 11.8 Å². The molecule has 0 fully saturated rings. The molecule has 3 rings (SSSR count). The molecule has 0 saturated heterocycles. The molecule has 0 unspecified atom stereocenters. The maximum atomic E-state index is 12.7. The maximum absolute atomic E-state index is 12.7. The van der Waals surface area contributed by atoms with Crippen LogP contribution in [-0.4, -0.2) is 18.3 Å². The van der Waals surface area contributed by atoms with Crippen LogP contribution in [0, 0.1) is 0 Å². The zero-order valence-electron chi connectivity index (χ0n) is 14.9. The SMILES string of the molecule is CC[C@@H](Oc1ccc2c(c1)CCCC2)C(=O)Nc1ccccc1SC. The van der Waals surface area contributed by atoms with E-state index in [4.69, 9.17) is 4.74 Å². The highest BCUT2D eigenvalue weighted by Crippen LogP contribution is 2.27. The van der Waals surface area contributed by atoms with Crippen molar-refractivity contribution in [3.63, 3.8) is 0 Å². The Kier molecular flexibility index (Phi) is 6.03. The molecule has 1 aliphatic rings. The largest absolute Gasteiger partial charge is 0.481 e. The Bertz CT molecular complexity index is 744.